The number of β-amino-alcohol motifs (C(OH)–C–C–N with tert-alkyl or cyclic N) is 1. The van der Waals surface area contributed by atoms with Crippen molar-refractivity contribution in [2.45, 2.75) is 64.0 Å². The van der Waals surface area contributed by atoms with Crippen molar-refractivity contribution in [1.82, 2.24) is 10.2 Å². The number of nitrogens with zero attached hydrogens (tertiary/aromatic N) is 1. The third kappa shape index (κ3) is 6.22. The SMILES string of the molecule is CC(C)(CC1(O)CN(C(=O)c2ccc(F)c(F)c2Nc2ccc(I)cc2F)C1)C(=O)NC1CCCCC1. The van der Waals surface area contributed by atoms with Gasteiger partial charge in [0.15, 0.2) is 11.6 Å². The summed E-state index contributed by atoms with van der Waals surface area (Å²) in [5.41, 5.74) is -2.93. The lowest BCUT2D eigenvalue weighted by molar-refractivity contribution is -0.141. The van der Waals surface area contributed by atoms with Gasteiger partial charge in [0.25, 0.3) is 5.91 Å². The molecule has 37 heavy (non-hydrogen) atoms. The molecule has 2 fully saturated rings. The van der Waals surface area contributed by atoms with Crippen LogP contribution >= 0.6 is 22.6 Å². The zero-order chi connectivity index (χ0) is 27.0. The summed E-state index contributed by atoms with van der Waals surface area (Å²) in [5, 5.41) is 16.7. The van der Waals surface area contributed by atoms with Gasteiger partial charge in [-0.3, -0.25) is 9.59 Å². The van der Waals surface area contributed by atoms with Crippen molar-refractivity contribution in [3.63, 3.8) is 0 Å². The van der Waals surface area contributed by atoms with Crippen LogP contribution in [0.4, 0.5) is 24.5 Å². The molecule has 2 amide bonds. The Morgan fingerprint density at radius 1 is 1.08 bits per heavy atom. The van der Waals surface area contributed by atoms with E-state index in [4.69, 9.17) is 0 Å². The van der Waals surface area contributed by atoms with Gasteiger partial charge in [-0.15, -0.1) is 0 Å². The highest BCUT2D eigenvalue weighted by Crippen LogP contribution is 2.37. The Morgan fingerprint density at radius 3 is 2.41 bits per heavy atom. The van der Waals surface area contributed by atoms with Gasteiger partial charge < -0.3 is 20.6 Å². The van der Waals surface area contributed by atoms with Gasteiger partial charge in [0.1, 0.15) is 11.4 Å². The first kappa shape index (κ1) is 27.7. The summed E-state index contributed by atoms with van der Waals surface area (Å²) in [6, 6.07) is 6.30. The van der Waals surface area contributed by atoms with E-state index in [2.05, 4.69) is 10.6 Å². The molecule has 1 aliphatic heterocycles. The average Bonchev–Trinajstić information content (AvgIpc) is 2.82. The summed E-state index contributed by atoms with van der Waals surface area (Å²) in [4.78, 5) is 27.4. The van der Waals surface area contributed by atoms with Crippen molar-refractivity contribution in [3.05, 3.63) is 56.9 Å². The monoisotopic (exact) mass is 629 g/mol. The molecule has 10 heteroatoms. The smallest absolute Gasteiger partial charge is 0.256 e. The molecule has 0 bridgehead atoms. The molecular formula is C27H31F3IN3O3. The first-order chi connectivity index (χ1) is 17.4. The van der Waals surface area contributed by atoms with Gasteiger partial charge in [0.05, 0.1) is 30.0 Å². The van der Waals surface area contributed by atoms with Crippen LogP contribution in [0.2, 0.25) is 0 Å². The topological polar surface area (TPSA) is 81.7 Å². The third-order valence-corrected chi connectivity index (χ3v) is 7.77. The van der Waals surface area contributed by atoms with Crippen LogP contribution in [-0.4, -0.2) is 46.6 Å². The van der Waals surface area contributed by atoms with Gasteiger partial charge in [-0.25, -0.2) is 13.2 Å². The minimum absolute atomic E-state index is 0.0672. The summed E-state index contributed by atoms with van der Waals surface area (Å²) < 4.78 is 43.7. The van der Waals surface area contributed by atoms with E-state index in [-0.39, 0.29) is 42.7 Å². The highest BCUT2D eigenvalue weighted by atomic mass is 127. The van der Waals surface area contributed by atoms with Crippen molar-refractivity contribution < 1.29 is 27.9 Å². The van der Waals surface area contributed by atoms with E-state index >= 15 is 0 Å². The molecule has 2 aromatic rings. The number of benzene rings is 2. The second kappa shape index (κ2) is 10.8. The molecule has 4 rings (SSSR count). The Hall–Kier alpha value is -2.34. The largest absolute Gasteiger partial charge is 0.386 e. The molecule has 0 radical (unpaired) electrons. The van der Waals surface area contributed by atoms with Crippen molar-refractivity contribution >= 4 is 45.8 Å². The molecular weight excluding hydrogens is 598 g/mol. The van der Waals surface area contributed by atoms with Gasteiger partial charge in [0.2, 0.25) is 5.91 Å². The molecule has 0 unspecified atom stereocenters. The summed E-state index contributed by atoms with van der Waals surface area (Å²) in [6.07, 6.45) is 5.39. The Bertz CT molecular complexity index is 1190. The number of aliphatic hydroxyl groups is 1. The minimum Gasteiger partial charge on any atom is -0.386 e. The lowest BCUT2D eigenvalue weighted by atomic mass is 9.75. The average molecular weight is 629 g/mol. The molecule has 3 N–H and O–H groups in total. The third-order valence-electron chi connectivity index (χ3n) is 7.10. The molecule has 0 aromatic heterocycles. The Balaban J connectivity index is 1.45. The fourth-order valence-corrected chi connectivity index (χ4v) is 5.65. The van der Waals surface area contributed by atoms with E-state index < -0.39 is 40.1 Å². The molecule has 1 saturated carbocycles. The fourth-order valence-electron chi connectivity index (χ4n) is 5.20. The van der Waals surface area contributed by atoms with Crippen LogP contribution in [0.5, 0.6) is 0 Å². The van der Waals surface area contributed by atoms with Crippen molar-refractivity contribution in [2.75, 3.05) is 18.4 Å². The number of carbonyl (C=O) groups is 2. The maximum atomic E-state index is 14.7. The van der Waals surface area contributed by atoms with Crippen LogP contribution in [-0.2, 0) is 4.79 Å². The predicted octanol–water partition coefficient (Wildman–Crippen LogP) is 5.50. The van der Waals surface area contributed by atoms with Crippen LogP contribution in [0.25, 0.3) is 0 Å². The molecule has 6 nitrogen and oxygen atoms in total. The zero-order valence-electron chi connectivity index (χ0n) is 20.8. The fraction of sp³-hybridized carbons (Fsp3) is 0.481. The van der Waals surface area contributed by atoms with Crippen molar-refractivity contribution in [3.8, 4) is 0 Å². The zero-order valence-corrected chi connectivity index (χ0v) is 23.0. The second-order valence-electron chi connectivity index (χ2n) is 10.8. The summed E-state index contributed by atoms with van der Waals surface area (Å²) in [6.45, 7) is 3.39. The Kier molecular flexibility index (Phi) is 8.08. The molecule has 1 heterocycles. The Labute approximate surface area is 228 Å². The first-order valence-corrected chi connectivity index (χ1v) is 13.5. The standard InChI is InChI=1S/C27H31F3IN3O3/c1-26(2,25(36)32-17-6-4-3-5-7-17)13-27(37)14-34(15-27)24(35)18-9-10-19(28)22(30)23(18)33-21-11-8-16(31)12-20(21)29/h8-12,17,33,37H,3-7,13-15H2,1-2H3,(H,32,36). The van der Waals surface area contributed by atoms with Gasteiger partial charge in [-0.2, -0.15) is 0 Å². The normalized spacial score (nSPS) is 17.8. The number of anilines is 2. The number of halogens is 4. The van der Waals surface area contributed by atoms with Gasteiger partial charge in [-0.1, -0.05) is 33.1 Å². The predicted molar refractivity (Wildman–Crippen MR) is 143 cm³/mol. The quantitative estimate of drug-likeness (QED) is 0.354. The van der Waals surface area contributed by atoms with Crippen molar-refractivity contribution in [2.24, 2.45) is 5.41 Å². The molecule has 200 valence electrons. The van der Waals surface area contributed by atoms with E-state index in [1.165, 1.54) is 23.5 Å². The number of carbonyl (C=O) groups excluding carboxylic acids is 2. The van der Waals surface area contributed by atoms with Crippen LogP contribution < -0.4 is 10.6 Å². The van der Waals surface area contributed by atoms with E-state index in [0.29, 0.717) is 3.57 Å². The summed E-state index contributed by atoms with van der Waals surface area (Å²) >= 11 is 1.92. The maximum absolute atomic E-state index is 14.7. The summed E-state index contributed by atoms with van der Waals surface area (Å²) in [5.74, 6) is -3.94. The Morgan fingerprint density at radius 2 is 1.76 bits per heavy atom. The van der Waals surface area contributed by atoms with Crippen LogP contribution in [0.15, 0.2) is 30.3 Å². The molecule has 2 aromatic carbocycles. The minimum atomic E-state index is -1.31. The van der Waals surface area contributed by atoms with Crippen LogP contribution in [0, 0.1) is 26.4 Å². The van der Waals surface area contributed by atoms with Gasteiger partial charge in [0, 0.05) is 15.0 Å². The number of hydrogen-bond acceptors (Lipinski definition) is 4. The van der Waals surface area contributed by atoms with E-state index in [1.54, 1.807) is 19.9 Å². The highest BCUT2D eigenvalue weighted by molar-refractivity contribution is 14.1. The number of amides is 2. The van der Waals surface area contributed by atoms with Crippen LogP contribution in [0.1, 0.15) is 62.7 Å². The maximum Gasteiger partial charge on any atom is 0.256 e. The van der Waals surface area contributed by atoms with Gasteiger partial charge in [-0.05, 0) is 72.2 Å². The molecule has 1 saturated heterocycles. The lowest BCUT2D eigenvalue weighted by Crippen LogP contribution is -2.65. The molecule has 2 aliphatic rings. The lowest BCUT2D eigenvalue weighted by Gasteiger charge is -2.49. The number of nitrogens with one attached hydrogen (secondary N) is 2. The number of hydrogen-bond donors (Lipinski definition) is 3. The first-order valence-electron chi connectivity index (χ1n) is 12.4. The number of likely N-dealkylation sites (tertiary alicyclic amines) is 1. The van der Waals surface area contributed by atoms with E-state index in [9.17, 15) is 27.9 Å². The molecule has 1 aliphatic carbocycles. The van der Waals surface area contributed by atoms with E-state index in [1.807, 2.05) is 22.6 Å². The van der Waals surface area contributed by atoms with Gasteiger partial charge >= 0.3 is 0 Å². The van der Waals surface area contributed by atoms with Crippen LogP contribution in [0.3, 0.4) is 0 Å². The summed E-state index contributed by atoms with van der Waals surface area (Å²) in [7, 11) is 0. The van der Waals surface area contributed by atoms with E-state index in [0.717, 1.165) is 37.8 Å². The highest BCUT2D eigenvalue weighted by Gasteiger charge is 2.49. The van der Waals surface area contributed by atoms with Crippen molar-refractivity contribution in [1.29, 1.82) is 0 Å². The molecule has 0 spiro atoms. The molecule has 0 atom stereocenters. The second-order valence-corrected chi connectivity index (χ2v) is 12.0. The number of rotatable bonds is 7.